The summed E-state index contributed by atoms with van der Waals surface area (Å²) in [6.07, 6.45) is 1.91. The Morgan fingerprint density at radius 1 is 0.920 bits per heavy atom. The summed E-state index contributed by atoms with van der Waals surface area (Å²) in [6.45, 7) is 8.06. The van der Waals surface area contributed by atoms with E-state index < -0.39 is 0 Å². The number of anilines is 1. The Morgan fingerprint density at radius 3 is 2.16 bits per heavy atom. The fraction of sp³-hybridized carbons (Fsp3) is 0.632. The Kier molecular flexibility index (Phi) is 12.6. The van der Waals surface area contributed by atoms with E-state index in [0.717, 1.165) is 30.8 Å². The van der Waals surface area contributed by atoms with Crippen molar-refractivity contribution in [3.8, 4) is 5.75 Å². The van der Waals surface area contributed by atoms with Crippen LogP contribution in [0.2, 0.25) is 0 Å². The highest BCUT2D eigenvalue weighted by atomic mass is 16.5. The Bertz CT molecular complexity index is 456. The van der Waals surface area contributed by atoms with Crippen LogP contribution in [-0.2, 0) is 19.0 Å². The molecule has 0 amide bonds. The first kappa shape index (κ1) is 21.4. The number of unbranched alkanes of at least 4 members (excludes halogenated alkanes) is 1. The number of benzene rings is 1. The average molecular weight is 355 g/mol. The molecular weight excluding hydrogens is 322 g/mol. The van der Waals surface area contributed by atoms with E-state index in [9.17, 15) is 4.79 Å². The van der Waals surface area contributed by atoms with Crippen LogP contribution in [-0.4, -0.2) is 58.6 Å². The van der Waals surface area contributed by atoms with E-state index in [1.54, 1.807) is 0 Å². The van der Waals surface area contributed by atoms with Crippen LogP contribution in [0.5, 0.6) is 5.75 Å². The smallest absolute Gasteiger partial charge is 0.155 e. The van der Waals surface area contributed by atoms with E-state index in [1.165, 1.54) is 6.92 Å². The van der Waals surface area contributed by atoms with E-state index >= 15 is 0 Å². The molecule has 0 aliphatic carbocycles. The minimum absolute atomic E-state index is 0. The molecule has 0 aliphatic rings. The van der Waals surface area contributed by atoms with E-state index in [-0.39, 0.29) is 13.8 Å². The van der Waals surface area contributed by atoms with Crippen molar-refractivity contribution in [1.82, 2.24) is 0 Å². The third kappa shape index (κ3) is 12.4. The Hall–Kier alpha value is -1.63. The second-order valence-electron chi connectivity index (χ2n) is 5.59. The van der Waals surface area contributed by atoms with E-state index in [2.05, 4.69) is 12.2 Å². The fourth-order valence-corrected chi connectivity index (χ4v) is 2.03. The van der Waals surface area contributed by atoms with Gasteiger partial charge in [-0.15, -0.1) is 0 Å². The number of hydrogen-bond acceptors (Lipinski definition) is 6. The topological polar surface area (TPSA) is 66.0 Å². The number of nitrogens with one attached hydrogen (secondary N) is 1. The molecule has 0 heterocycles. The predicted molar refractivity (Wildman–Crippen MR) is 101 cm³/mol. The van der Waals surface area contributed by atoms with Crippen molar-refractivity contribution in [3.63, 3.8) is 0 Å². The first-order chi connectivity index (χ1) is 12.2. The van der Waals surface area contributed by atoms with Crippen LogP contribution in [0.4, 0.5) is 5.69 Å². The molecule has 0 aromatic heterocycles. The largest absolute Gasteiger partial charge is 0.494 e. The highest BCUT2D eigenvalue weighted by Crippen LogP contribution is 2.15. The minimum atomic E-state index is 0. The van der Waals surface area contributed by atoms with Crippen LogP contribution >= 0.6 is 0 Å². The van der Waals surface area contributed by atoms with Crippen LogP contribution < -0.4 is 10.1 Å². The number of carbonyl (C=O) groups excluding carboxylic acids is 1. The SMILES string of the molecule is CCNc1ccc(OCCCCOCCOCCOCC(C)=O)cc1.[HH]. The lowest BCUT2D eigenvalue weighted by Gasteiger charge is -2.08. The van der Waals surface area contributed by atoms with Gasteiger partial charge in [-0.1, -0.05) is 0 Å². The van der Waals surface area contributed by atoms with Gasteiger partial charge in [-0.3, -0.25) is 4.79 Å². The maximum atomic E-state index is 10.6. The van der Waals surface area contributed by atoms with Crippen LogP contribution in [0.3, 0.4) is 0 Å². The second kappa shape index (κ2) is 14.7. The molecule has 0 bridgehead atoms. The number of Topliss-reactive ketones (excluding diaryl/α,β-unsaturated/α-hetero) is 1. The molecule has 0 radical (unpaired) electrons. The van der Waals surface area contributed by atoms with Crippen LogP contribution in [0.15, 0.2) is 24.3 Å². The van der Waals surface area contributed by atoms with Gasteiger partial charge in [0.2, 0.25) is 0 Å². The highest BCUT2D eigenvalue weighted by Gasteiger charge is 1.96. The van der Waals surface area contributed by atoms with Gasteiger partial charge >= 0.3 is 0 Å². The molecule has 1 N–H and O–H groups in total. The molecule has 1 aromatic rings. The molecule has 0 spiro atoms. The molecule has 1 rings (SSSR count). The van der Waals surface area contributed by atoms with Crippen molar-refractivity contribution in [2.24, 2.45) is 0 Å². The number of carbonyl (C=O) groups is 1. The monoisotopic (exact) mass is 355 g/mol. The van der Waals surface area contributed by atoms with E-state index in [0.29, 0.717) is 39.6 Å². The summed E-state index contributed by atoms with van der Waals surface area (Å²) in [4.78, 5) is 10.6. The molecular formula is C19H33NO5. The summed E-state index contributed by atoms with van der Waals surface area (Å²) in [5.74, 6) is 0.917. The van der Waals surface area contributed by atoms with Gasteiger partial charge in [0.1, 0.15) is 12.4 Å². The van der Waals surface area contributed by atoms with Gasteiger partial charge in [0.05, 0.1) is 33.0 Å². The van der Waals surface area contributed by atoms with E-state index in [1.807, 2.05) is 24.3 Å². The molecule has 0 saturated heterocycles. The summed E-state index contributed by atoms with van der Waals surface area (Å²) in [5.41, 5.74) is 1.11. The van der Waals surface area contributed by atoms with Gasteiger partial charge in [0.25, 0.3) is 0 Å². The molecule has 0 fully saturated rings. The second-order valence-corrected chi connectivity index (χ2v) is 5.59. The summed E-state index contributed by atoms with van der Waals surface area (Å²) >= 11 is 0. The molecule has 0 saturated carbocycles. The van der Waals surface area contributed by atoms with E-state index in [4.69, 9.17) is 18.9 Å². The van der Waals surface area contributed by atoms with Crippen molar-refractivity contribution in [2.45, 2.75) is 26.7 Å². The zero-order valence-electron chi connectivity index (χ0n) is 15.4. The Balaban J connectivity index is 0.00000625. The van der Waals surface area contributed by atoms with Crippen molar-refractivity contribution < 1.29 is 25.2 Å². The lowest BCUT2D eigenvalue weighted by molar-refractivity contribution is -0.122. The number of hydrogen-bond donors (Lipinski definition) is 1. The minimum Gasteiger partial charge on any atom is -0.494 e. The summed E-state index contributed by atoms with van der Waals surface area (Å²) in [5, 5.41) is 3.25. The molecule has 25 heavy (non-hydrogen) atoms. The normalized spacial score (nSPS) is 10.6. The van der Waals surface area contributed by atoms with Crippen molar-refractivity contribution >= 4 is 11.5 Å². The third-order valence-electron chi connectivity index (χ3n) is 3.24. The lowest BCUT2D eigenvalue weighted by atomic mass is 10.3. The fourth-order valence-electron chi connectivity index (χ4n) is 2.03. The number of ether oxygens (including phenoxy) is 4. The number of ketones is 1. The summed E-state index contributed by atoms with van der Waals surface area (Å²) in [7, 11) is 0. The molecule has 0 aliphatic heterocycles. The molecule has 0 atom stereocenters. The van der Waals surface area contributed by atoms with Crippen molar-refractivity contribution in [2.75, 3.05) is 58.1 Å². The molecule has 144 valence electrons. The van der Waals surface area contributed by atoms with Crippen LogP contribution in [0.1, 0.15) is 28.1 Å². The van der Waals surface area contributed by atoms with Gasteiger partial charge < -0.3 is 24.3 Å². The van der Waals surface area contributed by atoms with Crippen LogP contribution in [0, 0.1) is 0 Å². The van der Waals surface area contributed by atoms with Gasteiger partial charge in [-0.25, -0.2) is 0 Å². The van der Waals surface area contributed by atoms with Gasteiger partial charge in [0, 0.05) is 20.3 Å². The van der Waals surface area contributed by atoms with Gasteiger partial charge in [-0.05, 0) is 51.0 Å². The predicted octanol–water partition coefficient (Wildman–Crippen LogP) is 3.16. The quantitative estimate of drug-likeness (QED) is 0.460. The maximum absolute atomic E-state index is 10.6. The zero-order chi connectivity index (χ0) is 18.2. The Labute approximate surface area is 152 Å². The van der Waals surface area contributed by atoms with Gasteiger partial charge in [0.15, 0.2) is 5.78 Å². The highest BCUT2D eigenvalue weighted by molar-refractivity contribution is 5.76. The molecule has 6 nitrogen and oxygen atoms in total. The maximum Gasteiger partial charge on any atom is 0.155 e. The zero-order valence-corrected chi connectivity index (χ0v) is 15.4. The van der Waals surface area contributed by atoms with Gasteiger partial charge in [-0.2, -0.15) is 0 Å². The number of rotatable bonds is 16. The summed E-state index contributed by atoms with van der Waals surface area (Å²) in [6, 6.07) is 8.00. The molecule has 0 unspecified atom stereocenters. The van der Waals surface area contributed by atoms with Crippen molar-refractivity contribution in [3.05, 3.63) is 24.3 Å². The lowest BCUT2D eigenvalue weighted by Crippen LogP contribution is -2.12. The average Bonchev–Trinajstić information content (AvgIpc) is 2.60. The van der Waals surface area contributed by atoms with Crippen molar-refractivity contribution in [1.29, 1.82) is 0 Å². The Morgan fingerprint density at radius 2 is 1.52 bits per heavy atom. The molecule has 1 aromatic carbocycles. The molecule has 6 heteroatoms. The standard InChI is InChI=1S/C19H31NO5.H2/c1-3-20-18-6-8-19(9-7-18)25-11-5-4-10-22-12-13-23-14-15-24-16-17(2)21;/h6-9,20H,3-5,10-16H2,1-2H3;1H. The third-order valence-corrected chi connectivity index (χ3v) is 3.24. The van der Waals surface area contributed by atoms with Crippen LogP contribution in [0.25, 0.3) is 0 Å². The summed E-state index contributed by atoms with van der Waals surface area (Å²) < 4.78 is 21.6. The first-order valence-corrected chi connectivity index (χ1v) is 8.91. The first-order valence-electron chi connectivity index (χ1n) is 8.91.